The van der Waals surface area contributed by atoms with Gasteiger partial charge in [0.2, 0.25) is 0 Å². The number of rotatable bonds is 5. The van der Waals surface area contributed by atoms with E-state index in [1.165, 1.54) is 0 Å². The van der Waals surface area contributed by atoms with E-state index in [4.69, 9.17) is 0 Å². The lowest BCUT2D eigenvalue weighted by atomic mass is 10.0. The molecule has 0 saturated heterocycles. The lowest BCUT2D eigenvalue weighted by Gasteiger charge is -2.32. The summed E-state index contributed by atoms with van der Waals surface area (Å²) in [6.07, 6.45) is 1.62. The van der Waals surface area contributed by atoms with E-state index < -0.39 is 0 Å². The molecule has 5 nitrogen and oxygen atoms in total. The largest absolute Gasteiger partial charge is 0.373 e. The number of likely N-dealkylation sites (N-methyl/N-ethyl adjacent to an activating group) is 1. The second-order valence-electron chi connectivity index (χ2n) is 5.07. The Hall–Kier alpha value is -1.62. The molecule has 5 heteroatoms. The van der Waals surface area contributed by atoms with Gasteiger partial charge in [-0.15, -0.1) is 0 Å². The van der Waals surface area contributed by atoms with Crippen LogP contribution >= 0.6 is 0 Å². The average molecular weight is 250 g/mol. The first-order valence-corrected chi connectivity index (χ1v) is 5.96. The van der Waals surface area contributed by atoms with Crippen LogP contribution in [0.5, 0.6) is 0 Å². The number of aromatic nitrogens is 1. The third-order valence-electron chi connectivity index (χ3n) is 3.17. The second kappa shape index (κ2) is 5.82. The molecule has 1 heterocycles. The number of carbonyl (C=O) groups is 1. The van der Waals surface area contributed by atoms with Crippen molar-refractivity contribution in [2.24, 2.45) is 0 Å². The molecule has 0 atom stereocenters. The summed E-state index contributed by atoms with van der Waals surface area (Å²) in [5, 5.41) is 5.85. The minimum absolute atomic E-state index is 0.0749. The van der Waals surface area contributed by atoms with Gasteiger partial charge in [0.25, 0.3) is 5.91 Å². The van der Waals surface area contributed by atoms with Gasteiger partial charge in [0.1, 0.15) is 5.82 Å². The zero-order valence-corrected chi connectivity index (χ0v) is 11.7. The SMILES string of the molecule is CNc1cc(C(=O)NCC(C)(C)N(C)C)ccn1. The Labute approximate surface area is 109 Å². The van der Waals surface area contributed by atoms with Crippen LogP contribution in [0.2, 0.25) is 0 Å². The summed E-state index contributed by atoms with van der Waals surface area (Å²) in [4.78, 5) is 18.2. The summed E-state index contributed by atoms with van der Waals surface area (Å²) in [6, 6.07) is 3.44. The van der Waals surface area contributed by atoms with Gasteiger partial charge in [-0.3, -0.25) is 4.79 Å². The van der Waals surface area contributed by atoms with Gasteiger partial charge in [0.05, 0.1) is 0 Å². The fourth-order valence-electron chi connectivity index (χ4n) is 1.27. The molecule has 0 aliphatic rings. The molecule has 0 unspecified atom stereocenters. The van der Waals surface area contributed by atoms with Crippen molar-refractivity contribution >= 4 is 11.7 Å². The molecule has 0 aliphatic heterocycles. The molecule has 1 amide bonds. The van der Waals surface area contributed by atoms with Gasteiger partial charge in [-0.1, -0.05) is 0 Å². The second-order valence-corrected chi connectivity index (χ2v) is 5.07. The highest BCUT2D eigenvalue weighted by molar-refractivity contribution is 5.94. The molecule has 1 aromatic rings. The summed E-state index contributed by atoms with van der Waals surface area (Å²) in [7, 11) is 5.77. The third-order valence-corrected chi connectivity index (χ3v) is 3.17. The Bertz CT molecular complexity index is 415. The third kappa shape index (κ3) is 3.70. The van der Waals surface area contributed by atoms with Crippen molar-refractivity contribution in [1.82, 2.24) is 15.2 Å². The topological polar surface area (TPSA) is 57.3 Å². The fraction of sp³-hybridized carbons (Fsp3) is 0.538. The monoisotopic (exact) mass is 250 g/mol. The van der Waals surface area contributed by atoms with Gasteiger partial charge in [-0.05, 0) is 40.1 Å². The minimum Gasteiger partial charge on any atom is -0.373 e. The standard InChI is InChI=1S/C13H22N4O/c1-13(2,17(4)5)9-16-12(18)10-6-7-15-11(8-10)14-3/h6-8H,9H2,1-5H3,(H,14,15)(H,16,18). The first-order chi connectivity index (χ1) is 8.36. The van der Waals surface area contributed by atoms with Crippen molar-refractivity contribution in [3.05, 3.63) is 23.9 Å². The van der Waals surface area contributed by atoms with Gasteiger partial charge in [-0.25, -0.2) is 4.98 Å². The smallest absolute Gasteiger partial charge is 0.251 e. The summed E-state index contributed by atoms with van der Waals surface area (Å²) in [5.41, 5.74) is 0.540. The lowest BCUT2D eigenvalue weighted by molar-refractivity contribution is 0.0919. The zero-order chi connectivity index (χ0) is 13.8. The molecular formula is C13H22N4O. The molecule has 0 aromatic carbocycles. The molecule has 0 radical (unpaired) electrons. The van der Waals surface area contributed by atoms with Crippen molar-refractivity contribution in [2.75, 3.05) is 33.0 Å². The van der Waals surface area contributed by atoms with Crippen LogP contribution in [0, 0.1) is 0 Å². The number of hydrogen-bond acceptors (Lipinski definition) is 4. The van der Waals surface area contributed by atoms with E-state index in [0.29, 0.717) is 17.9 Å². The number of nitrogens with zero attached hydrogens (tertiary/aromatic N) is 2. The predicted molar refractivity (Wildman–Crippen MR) is 73.9 cm³/mol. The molecule has 0 fully saturated rings. The van der Waals surface area contributed by atoms with E-state index >= 15 is 0 Å². The van der Waals surface area contributed by atoms with Crippen molar-refractivity contribution in [2.45, 2.75) is 19.4 Å². The molecular weight excluding hydrogens is 228 g/mol. The molecule has 0 saturated carbocycles. The van der Waals surface area contributed by atoms with Crippen molar-refractivity contribution in [1.29, 1.82) is 0 Å². The fourth-order valence-corrected chi connectivity index (χ4v) is 1.27. The minimum atomic E-state index is -0.0798. The Kier molecular flexibility index (Phi) is 4.67. The molecule has 0 spiro atoms. The molecule has 2 N–H and O–H groups in total. The highest BCUT2D eigenvalue weighted by Gasteiger charge is 2.21. The van der Waals surface area contributed by atoms with E-state index in [0.717, 1.165) is 0 Å². The number of nitrogens with one attached hydrogen (secondary N) is 2. The quantitative estimate of drug-likeness (QED) is 0.824. The Morgan fingerprint density at radius 3 is 2.67 bits per heavy atom. The maximum absolute atomic E-state index is 12.0. The van der Waals surface area contributed by atoms with E-state index in [-0.39, 0.29) is 11.4 Å². The van der Waals surface area contributed by atoms with Crippen LogP contribution in [0.3, 0.4) is 0 Å². The molecule has 1 rings (SSSR count). The average Bonchev–Trinajstić information content (AvgIpc) is 2.36. The summed E-state index contributed by atoms with van der Waals surface area (Å²) >= 11 is 0. The Balaban J connectivity index is 2.66. The van der Waals surface area contributed by atoms with Gasteiger partial charge in [-0.2, -0.15) is 0 Å². The van der Waals surface area contributed by atoms with Gasteiger partial charge in [0.15, 0.2) is 0 Å². The normalized spacial score (nSPS) is 11.4. The maximum atomic E-state index is 12.0. The van der Waals surface area contributed by atoms with Gasteiger partial charge in [0, 0.05) is 30.9 Å². The van der Waals surface area contributed by atoms with Gasteiger partial charge >= 0.3 is 0 Å². The van der Waals surface area contributed by atoms with Gasteiger partial charge < -0.3 is 15.5 Å². The van der Waals surface area contributed by atoms with Crippen molar-refractivity contribution in [3.63, 3.8) is 0 Å². The van der Waals surface area contributed by atoms with Crippen LogP contribution in [0.4, 0.5) is 5.82 Å². The zero-order valence-electron chi connectivity index (χ0n) is 11.7. The van der Waals surface area contributed by atoms with E-state index in [9.17, 15) is 4.79 Å². The van der Waals surface area contributed by atoms with Crippen LogP contribution < -0.4 is 10.6 Å². The summed E-state index contributed by atoms with van der Waals surface area (Å²) in [5.74, 6) is 0.610. The van der Waals surface area contributed by atoms with E-state index in [2.05, 4.69) is 34.4 Å². The maximum Gasteiger partial charge on any atom is 0.251 e. The number of hydrogen-bond donors (Lipinski definition) is 2. The Morgan fingerprint density at radius 1 is 1.44 bits per heavy atom. The first-order valence-electron chi connectivity index (χ1n) is 5.96. The molecule has 18 heavy (non-hydrogen) atoms. The van der Waals surface area contributed by atoms with E-state index in [1.807, 2.05) is 14.1 Å². The number of carbonyl (C=O) groups excluding carboxylic acids is 1. The van der Waals surface area contributed by atoms with Crippen LogP contribution in [0.1, 0.15) is 24.2 Å². The van der Waals surface area contributed by atoms with Crippen LogP contribution in [0.15, 0.2) is 18.3 Å². The lowest BCUT2D eigenvalue weighted by Crippen LogP contribution is -2.48. The van der Waals surface area contributed by atoms with Crippen molar-refractivity contribution < 1.29 is 4.79 Å². The highest BCUT2D eigenvalue weighted by Crippen LogP contribution is 2.09. The van der Waals surface area contributed by atoms with Crippen LogP contribution in [0.25, 0.3) is 0 Å². The van der Waals surface area contributed by atoms with Crippen LogP contribution in [-0.2, 0) is 0 Å². The summed E-state index contributed by atoms with van der Waals surface area (Å²) < 4.78 is 0. The number of amides is 1. The Morgan fingerprint density at radius 2 is 2.11 bits per heavy atom. The molecule has 100 valence electrons. The predicted octanol–water partition coefficient (Wildman–Crippen LogP) is 1.19. The van der Waals surface area contributed by atoms with E-state index in [1.54, 1.807) is 25.4 Å². The van der Waals surface area contributed by atoms with Crippen molar-refractivity contribution in [3.8, 4) is 0 Å². The highest BCUT2D eigenvalue weighted by atomic mass is 16.1. The number of anilines is 1. The molecule has 1 aromatic heterocycles. The first kappa shape index (κ1) is 14.4. The summed E-state index contributed by atoms with van der Waals surface area (Å²) in [6.45, 7) is 4.76. The number of pyridine rings is 1. The molecule has 0 bridgehead atoms. The molecule has 0 aliphatic carbocycles. The van der Waals surface area contributed by atoms with Crippen LogP contribution in [-0.4, -0.2) is 49.0 Å².